The second kappa shape index (κ2) is 9.49. The van der Waals surface area contributed by atoms with Crippen LogP contribution in [0.25, 0.3) is 11.1 Å². The second-order valence-corrected chi connectivity index (χ2v) is 7.01. The maximum atomic E-state index is 12.0. The number of amides is 1. The molecule has 0 aliphatic carbocycles. The van der Waals surface area contributed by atoms with Gasteiger partial charge in [0.15, 0.2) is 0 Å². The first-order valence-electron chi connectivity index (χ1n) is 7.80. The Morgan fingerprint density at radius 2 is 1.92 bits per heavy atom. The van der Waals surface area contributed by atoms with Gasteiger partial charge in [0.2, 0.25) is 5.91 Å². The summed E-state index contributed by atoms with van der Waals surface area (Å²) in [6, 6.07) is 13.5. The lowest BCUT2D eigenvalue weighted by Crippen LogP contribution is -2.14. The Labute approximate surface area is 156 Å². The van der Waals surface area contributed by atoms with Crippen LogP contribution in [0.15, 0.2) is 42.5 Å². The van der Waals surface area contributed by atoms with Gasteiger partial charge in [-0.1, -0.05) is 29.8 Å². The summed E-state index contributed by atoms with van der Waals surface area (Å²) in [5.41, 5.74) is 3.85. The van der Waals surface area contributed by atoms with Crippen LogP contribution >= 0.6 is 23.4 Å². The number of ether oxygens (including phenoxy) is 1. The third kappa shape index (κ3) is 6.11. The summed E-state index contributed by atoms with van der Waals surface area (Å²) in [7, 11) is 1.35. The van der Waals surface area contributed by atoms with Crippen LogP contribution in [-0.4, -0.2) is 30.5 Å². The molecule has 2 aromatic carbocycles. The predicted molar refractivity (Wildman–Crippen MR) is 104 cm³/mol. The zero-order valence-electron chi connectivity index (χ0n) is 14.2. The van der Waals surface area contributed by atoms with Gasteiger partial charge >= 0.3 is 5.97 Å². The van der Waals surface area contributed by atoms with Crippen LogP contribution in [-0.2, 0) is 14.3 Å². The number of carbonyl (C=O) groups is 2. The molecule has 0 aliphatic heterocycles. The normalized spacial score (nSPS) is 10.4. The Morgan fingerprint density at radius 3 is 2.60 bits per heavy atom. The molecule has 0 spiro atoms. The average Bonchev–Trinajstić information content (AvgIpc) is 2.60. The van der Waals surface area contributed by atoms with E-state index in [1.54, 1.807) is 0 Å². The van der Waals surface area contributed by atoms with Crippen LogP contribution in [0, 0.1) is 6.92 Å². The minimum Gasteiger partial charge on any atom is -0.468 e. The van der Waals surface area contributed by atoms with Gasteiger partial charge in [-0.05, 0) is 47.9 Å². The second-order valence-electron chi connectivity index (χ2n) is 5.47. The number of thioether (sulfide) groups is 1. The van der Waals surface area contributed by atoms with E-state index in [1.807, 2.05) is 49.4 Å². The van der Waals surface area contributed by atoms with E-state index in [0.29, 0.717) is 17.2 Å². The van der Waals surface area contributed by atoms with Gasteiger partial charge in [0.05, 0.1) is 12.9 Å². The molecular weight excluding hydrogens is 358 g/mol. The molecular formula is C19H20ClNO3S. The van der Waals surface area contributed by atoms with Crippen molar-refractivity contribution in [1.29, 1.82) is 0 Å². The van der Waals surface area contributed by atoms with Crippen molar-refractivity contribution in [3.8, 4) is 11.1 Å². The lowest BCUT2D eigenvalue weighted by molar-refractivity contribution is -0.137. The molecule has 0 unspecified atom stereocenters. The maximum Gasteiger partial charge on any atom is 0.315 e. The molecule has 0 aromatic heterocycles. The topological polar surface area (TPSA) is 55.4 Å². The van der Waals surface area contributed by atoms with Gasteiger partial charge in [-0.2, -0.15) is 0 Å². The van der Waals surface area contributed by atoms with Crippen molar-refractivity contribution < 1.29 is 14.3 Å². The molecule has 4 nitrogen and oxygen atoms in total. The van der Waals surface area contributed by atoms with Crippen molar-refractivity contribution in [3.05, 3.63) is 53.1 Å². The lowest BCUT2D eigenvalue weighted by atomic mass is 10.0. The number of anilines is 1. The number of hydrogen-bond donors (Lipinski definition) is 1. The minimum absolute atomic E-state index is 0.0732. The third-order valence-corrected chi connectivity index (χ3v) is 4.75. The molecule has 0 saturated heterocycles. The molecule has 6 heteroatoms. The van der Waals surface area contributed by atoms with E-state index in [-0.39, 0.29) is 17.6 Å². The summed E-state index contributed by atoms with van der Waals surface area (Å²) in [6.45, 7) is 1.95. The predicted octanol–water partition coefficient (Wildman–Crippen LogP) is 4.55. The summed E-state index contributed by atoms with van der Waals surface area (Å²) in [5.74, 6) is 0.478. The SMILES string of the molecule is COC(=O)CSCCC(=O)Nc1ccc(-c2cccc(Cl)c2)cc1C. The van der Waals surface area contributed by atoms with Gasteiger partial charge in [0.25, 0.3) is 0 Å². The van der Waals surface area contributed by atoms with E-state index < -0.39 is 0 Å². The minimum atomic E-state index is -0.280. The fourth-order valence-corrected chi connectivity index (χ4v) is 3.19. The Morgan fingerprint density at radius 1 is 1.16 bits per heavy atom. The summed E-state index contributed by atoms with van der Waals surface area (Å²) >= 11 is 7.42. The Balaban J connectivity index is 1.92. The van der Waals surface area contributed by atoms with Crippen molar-refractivity contribution in [2.75, 3.05) is 23.9 Å². The lowest BCUT2D eigenvalue weighted by Gasteiger charge is -2.11. The molecule has 0 aliphatic rings. The quantitative estimate of drug-likeness (QED) is 0.568. The van der Waals surface area contributed by atoms with Gasteiger partial charge < -0.3 is 10.1 Å². The van der Waals surface area contributed by atoms with E-state index in [1.165, 1.54) is 18.9 Å². The van der Waals surface area contributed by atoms with E-state index in [2.05, 4.69) is 10.1 Å². The zero-order chi connectivity index (χ0) is 18.2. The van der Waals surface area contributed by atoms with Gasteiger partial charge in [-0.3, -0.25) is 9.59 Å². The highest BCUT2D eigenvalue weighted by atomic mass is 35.5. The smallest absolute Gasteiger partial charge is 0.315 e. The molecule has 2 aromatic rings. The first-order valence-corrected chi connectivity index (χ1v) is 9.34. The number of nitrogens with one attached hydrogen (secondary N) is 1. The molecule has 0 saturated carbocycles. The molecule has 0 heterocycles. The van der Waals surface area contributed by atoms with Gasteiger partial charge in [0, 0.05) is 22.9 Å². The molecule has 0 radical (unpaired) electrons. The van der Waals surface area contributed by atoms with E-state index in [0.717, 1.165) is 22.4 Å². The Bertz CT molecular complexity index is 764. The van der Waals surface area contributed by atoms with Crippen LogP contribution in [0.3, 0.4) is 0 Å². The highest BCUT2D eigenvalue weighted by Crippen LogP contribution is 2.26. The van der Waals surface area contributed by atoms with Crippen molar-refractivity contribution >= 4 is 40.9 Å². The molecule has 1 amide bonds. The van der Waals surface area contributed by atoms with Crippen LogP contribution in [0.2, 0.25) is 5.02 Å². The van der Waals surface area contributed by atoms with E-state index >= 15 is 0 Å². The van der Waals surface area contributed by atoms with Crippen molar-refractivity contribution in [2.45, 2.75) is 13.3 Å². The Kier molecular flexibility index (Phi) is 7.34. The number of halogens is 1. The number of aryl methyl sites for hydroxylation is 1. The summed E-state index contributed by atoms with van der Waals surface area (Å²) in [6.07, 6.45) is 0.344. The zero-order valence-corrected chi connectivity index (χ0v) is 15.7. The summed E-state index contributed by atoms with van der Waals surface area (Å²) in [4.78, 5) is 23.0. The Hall–Kier alpha value is -1.98. The highest BCUT2D eigenvalue weighted by molar-refractivity contribution is 7.99. The molecule has 0 fully saturated rings. The monoisotopic (exact) mass is 377 g/mol. The standard InChI is InChI=1S/C19H20ClNO3S/c1-13-10-15(14-4-3-5-16(20)11-14)6-7-17(13)21-18(22)8-9-25-12-19(23)24-2/h3-7,10-11H,8-9,12H2,1-2H3,(H,21,22). The number of rotatable bonds is 7. The molecule has 25 heavy (non-hydrogen) atoms. The van der Waals surface area contributed by atoms with Crippen LogP contribution in [0.1, 0.15) is 12.0 Å². The molecule has 1 N–H and O–H groups in total. The molecule has 0 atom stereocenters. The third-order valence-electron chi connectivity index (χ3n) is 3.58. The first-order chi connectivity index (χ1) is 12.0. The fourth-order valence-electron chi connectivity index (χ4n) is 2.24. The number of hydrogen-bond acceptors (Lipinski definition) is 4. The van der Waals surface area contributed by atoms with Gasteiger partial charge in [-0.15, -0.1) is 11.8 Å². The fraction of sp³-hybridized carbons (Fsp3) is 0.263. The van der Waals surface area contributed by atoms with Crippen molar-refractivity contribution in [3.63, 3.8) is 0 Å². The van der Waals surface area contributed by atoms with Crippen molar-refractivity contribution in [1.82, 2.24) is 0 Å². The summed E-state index contributed by atoms with van der Waals surface area (Å²) in [5, 5.41) is 3.60. The van der Waals surface area contributed by atoms with Crippen LogP contribution < -0.4 is 5.32 Å². The maximum absolute atomic E-state index is 12.0. The number of carbonyl (C=O) groups excluding carboxylic acids is 2. The number of benzene rings is 2. The van der Waals surface area contributed by atoms with Crippen LogP contribution in [0.5, 0.6) is 0 Å². The molecule has 132 valence electrons. The van der Waals surface area contributed by atoms with Crippen molar-refractivity contribution in [2.24, 2.45) is 0 Å². The van der Waals surface area contributed by atoms with E-state index in [4.69, 9.17) is 11.6 Å². The van der Waals surface area contributed by atoms with Crippen LogP contribution in [0.4, 0.5) is 5.69 Å². The van der Waals surface area contributed by atoms with E-state index in [9.17, 15) is 9.59 Å². The largest absolute Gasteiger partial charge is 0.468 e. The van der Waals surface area contributed by atoms with Gasteiger partial charge in [-0.25, -0.2) is 0 Å². The number of esters is 1. The summed E-state index contributed by atoms with van der Waals surface area (Å²) < 4.78 is 4.56. The number of methoxy groups -OCH3 is 1. The molecule has 0 bridgehead atoms. The first kappa shape index (κ1) is 19.3. The molecule has 2 rings (SSSR count). The highest BCUT2D eigenvalue weighted by Gasteiger charge is 2.08. The average molecular weight is 378 g/mol. The van der Waals surface area contributed by atoms with Gasteiger partial charge in [0.1, 0.15) is 0 Å².